The van der Waals surface area contributed by atoms with E-state index < -0.39 is 30.0 Å². The SMILES string of the molecule is O=C(NCc1cc2nc(-c3cncc(C4CC4)n3)ccc2cn1)c1cnc2c(c1)[C@](F)(C(F)F)CCO2. The van der Waals surface area contributed by atoms with E-state index in [9.17, 15) is 18.0 Å². The average Bonchev–Trinajstić information content (AvgIpc) is 3.77. The molecule has 1 aliphatic carbocycles. The van der Waals surface area contributed by atoms with E-state index in [4.69, 9.17) is 14.7 Å². The Kier molecular flexibility index (Phi) is 5.69. The Morgan fingerprint density at radius 3 is 2.76 bits per heavy atom. The van der Waals surface area contributed by atoms with Crippen molar-refractivity contribution in [3.8, 4) is 17.3 Å². The minimum atomic E-state index is -3.27. The van der Waals surface area contributed by atoms with Crippen molar-refractivity contribution in [2.45, 2.75) is 43.8 Å². The molecule has 4 aromatic heterocycles. The number of fused-ring (bicyclic) bond motifs is 2. The molecular formula is C26H21F3N6O2. The summed E-state index contributed by atoms with van der Waals surface area (Å²) in [5, 5.41) is 3.49. The molecule has 8 nitrogen and oxygen atoms in total. The van der Waals surface area contributed by atoms with Crippen molar-refractivity contribution in [3.63, 3.8) is 0 Å². The maximum Gasteiger partial charge on any atom is 0.276 e. The lowest BCUT2D eigenvalue weighted by Crippen LogP contribution is -2.36. The molecule has 0 bridgehead atoms. The largest absolute Gasteiger partial charge is 0.477 e. The molecule has 6 rings (SSSR count). The zero-order chi connectivity index (χ0) is 25.6. The van der Waals surface area contributed by atoms with E-state index in [0.29, 0.717) is 28.5 Å². The fourth-order valence-corrected chi connectivity index (χ4v) is 4.30. The number of alkyl halides is 3. The van der Waals surface area contributed by atoms with Crippen LogP contribution in [0, 0.1) is 0 Å². The van der Waals surface area contributed by atoms with Gasteiger partial charge in [0.1, 0.15) is 5.69 Å². The summed E-state index contributed by atoms with van der Waals surface area (Å²) in [4.78, 5) is 34.7. The smallest absolute Gasteiger partial charge is 0.276 e. The van der Waals surface area contributed by atoms with Crippen molar-refractivity contribution in [3.05, 3.63) is 71.6 Å². The molecule has 1 fully saturated rings. The van der Waals surface area contributed by atoms with Crippen LogP contribution in [0.3, 0.4) is 0 Å². The summed E-state index contributed by atoms with van der Waals surface area (Å²) in [5.41, 5.74) is 0.154. The van der Waals surface area contributed by atoms with Crippen LogP contribution in [-0.4, -0.2) is 43.9 Å². The van der Waals surface area contributed by atoms with Crippen LogP contribution in [0.5, 0.6) is 5.88 Å². The number of hydrogen-bond donors (Lipinski definition) is 1. The third-order valence-electron chi connectivity index (χ3n) is 6.58. The van der Waals surface area contributed by atoms with E-state index in [-0.39, 0.29) is 24.6 Å². The number of halogens is 3. The van der Waals surface area contributed by atoms with Gasteiger partial charge in [0.15, 0.2) is 0 Å². The monoisotopic (exact) mass is 506 g/mol. The van der Waals surface area contributed by atoms with Crippen LogP contribution in [0.25, 0.3) is 22.3 Å². The topological polar surface area (TPSA) is 103 Å². The first kappa shape index (κ1) is 23.3. The first-order chi connectivity index (χ1) is 17.9. The highest BCUT2D eigenvalue weighted by molar-refractivity contribution is 5.94. The van der Waals surface area contributed by atoms with Gasteiger partial charge >= 0.3 is 0 Å². The molecule has 4 aromatic rings. The number of hydrogen-bond acceptors (Lipinski definition) is 7. The van der Waals surface area contributed by atoms with Crippen molar-refractivity contribution < 1.29 is 22.7 Å². The first-order valence-corrected chi connectivity index (χ1v) is 11.9. The Bertz CT molecular complexity index is 1510. The summed E-state index contributed by atoms with van der Waals surface area (Å²) in [6, 6.07) is 6.58. The Hall–Kier alpha value is -4.15. The molecule has 188 valence electrons. The second kappa shape index (κ2) is 9.06. The zero-order valence-electron chi connectivity index (χ0n) is 19.5. The van der Waals surface area contributed by atoms with Crippen LogP contribution >= 0.6 is 0 Å². The Balaban J connectivity index is 1.20. The number of nitrogens with one attached hydrogen (secondary N) is 1. The molecule has 0 saturated heterocycles. The fourth-order valence-electron chi connectivity index (χ4n) is 4.30. The average molecular weight is 506 g/mol. The van der Waals surface area contributed by atoms with Gasteiger partial charge in [0.05, 0.1) is 53.1 Å². The van der Waals surface area contributed by atoms with E-state index in [1.165, 1.54) is 6.20 Å². The number of rotatable bonds is 6. The predicted octanol–water partition coefficient (Wildman–Crippen LogP) is 4.50. The first-order valence-electron chi connectivity index (χ1n) is 11.9. The van der Waals surface area contributed by atoms with E-state index >= 15 is 0 Å². The van der Waals surface area contributed by atoms with Gasteiger partial charge < -0.3 is 10.1 Å². The molecule has 1 aliphatic heterocycles. The third kappa shape index (κ3) is 4.45. The molecule has 1 amide bonds. The summed E-state index contributed by atoms with van der Waals surface area (Å²) < 4.78 is 47.0. The lowest BCUT2D eigenvalue weighted by molar-refractivity contribution is -0.0628. The number of carbonyl (C=O) groups excluding carboxylic acids is 1. The molecular weight excluding hydrogens is 485 g/mol. The van der Waals surface area contributed by atoms with Crippen LogP contribution < -0.4 is 10.1 Å². The van der Waals surface area contributed by atoms with Gasteiger partial charge in [-0.1, -0.05) is 0 Å². The Morgan fingerprint density at radius 1 is 1.08 bits per heavy atom. The molecule has 1 saturated carbocycles. The zero-order valence-corrected chi connectivity index (χ0v) is 19.5. The van der Waals surface area contributed by atoms with Crippen molar-refractivity contribution >= 4 is 16.8 Å². The minimum absolute atomic E-state index is 0.0425. The van der Waals surface area contributed by atoms with Crippen LogP contribution in [-0.2, 0) is 12.2 Å². The summed E-state index contributed by atoms with van der Waals surface area (Å²) in [5.74, 6) is -0.355. The van der Waals surface area contributed by atoms with Gasteiger partial charge in [0, 0.05) is 36.3 Å². The number of carbonyl (C=O) groups is 1. The van der Waals surface area contributed by atoms with Crippen LogP contribution in [0.4, 0.5) is 13.2 Å². The van der Waals surface area contributed by atoms with E-state index in [1.807, 2.05) is 12.1 Å². The molecule has 11 heteroatoms. The number of amides is 1. The lowest BCUT2D eigenvalue weighted by Gasteiger charge is -2.30. The van der Waals surface area contributed by atoms with Gasteiger partial charge in [-0.05, 0) is 37.1 Å². The lowest BCUT2D eigenvalue weighted by atomic mass is 9.91. The predicted molar refractivity (Wildman–Crippen MR) is 127 cm³/mol. The molecule has 0 spiro atoms. The molecule has 0 aromatic carbocycles. The van der Waals surface area contributed by atoms with Gasteiger partial charge in [-0.3, -0.25) is 14.8 Å². The van der Waals surface area contributed by atoms with Crippen LogP contribution in [0.15, 0.2) is 49.1 Å². The van der Waals surface area contributed by atoms with Gasteiger partial charge in [-0.25, -0.2) is 28.1 Å². The molecule has 0 radical (unpaired) electrons. The van der Waals surface area contributed by atoms with E-state index in [0.717, 1.165) is 30.0 Å². The summed E-state index contributed by atoms with van der Waals surface area (Å²) in [6.45, 7) is -0.171. The fraction of sp³-hybridized carbons (Fsp3) is 0.308. The van der Waals surface area contributed by atoms with Crippen molar-refractivity contribution in [2.75, 3.05) is 6.61 Å². The summed E-state index contributed by atoms with van der Waals surface area (Å²) >= 11 is 0. The quantitative estimate of drug-likeness (QED) is 0.411. The second-order valence-electron chi connectivity index (χ2n) is 9.19. The highest BCUT2D eigenvalue weighted by Gasteiger charge is 2.47. The third-order valence-corrected chi connectivity index (χ3v) is 6.58. The van der Waals surface area contributed by atoms with Gasteiger partial charge in [0.2, 0.25) is 11.5 Å². The summed E-state index contributed by atoms with van der Waals surface area (Å²) in [7, 11) is 0. The van der Waals surface area contributed by atoms with Crippen LogP contribution in [0.1, 0.15) is 52.5 Å². The van der Waals surface area contributed by atoms with Crippen molar-refractivity contribution in [1.82, 2.24) is 30.2 Å². The number of aromatic nitrogens is 5. The Morgan fingerprint density at radius 2 is 1.95 bits per heavy atom. The molecule has 1 N–H and O–H groups in total. The molecule has 5 heterocycles. The molecule has 2 aliphatic rings. The highest BCUT2D eigenvalue weighted by Crippen LogP contribution is 2.43. The summed E-state index contributed by atoms with van der Waals surface area (Å²) in [6.07, 6.45) is 4.76. The van der Waals surface area contributed by atoms with E-state index in [2.05, 4.69) is 20.3 Å². The molecule has 1 atom stereocenters. The number of nitrogens with zero attached hydrogens (tertiary/aromatic N) is 5. The number of ether oxygens (including phenoxy) is 1. The minimum Gasteiger partial charge on any atom is -0.477 e. The van der Waals surface area contributed by atoms with E-state index in [1.54, 1.807) is 24.7 Å². The molecule has 0 unspecified atom stereocenters. The maximum atomic E-state index is 14.9. The molecule has 37 heavy (non-hydrogen) atoms. The second-order valence-corrected chi connectivity index (χ2v) is 9.19. The maximum absolute atomic E-state index is 14.9. The Labute approximate surface area is 209 Å². The highest BCUT2D eigenvalue weighted by atomic mass is 19.3. The van der Waals surface area contributed by atoms with Gasteiger partial charge in [-0.2, -0.15) is 0 Å². The van der Waals surface area contributed by atoms with Gasteiger partial charge in [0.25, 0.3) is 12.3 Å². The van der Waals surface area contributed by atoms with Crippen molar-refractivity contribution in [2.24, 2.45) is 0 Å². The van der Waals surface area contributed by atoms with Gasteiger partial charge in [-0.15, -0.1) is 0 Å². The van der Waals surface area contributed by atoms with Crippen LogP contribution in [0.2, 0.25) is 0 Å². The normalized spacial score (nSPS) is 18.9. The standard InChI is InChI=1S/C26H21F3N6O2/c27-25(28)26(29)5-6-37-24-18(26)7-16(10-33-24)23(36)32-11-17-8-20-15(9-31-17)3-4-19(34-20)22-13-30-12-21(35-22)14-1-2-14/h3-4,7-10,12-14,25H,1-2,5-6,11H2,(H,32,36)/t26-/m0/s1. The number of pyridine rings is 3. The van der Waals surface area contributed by atoms with Crippen molar-refractivity contribution in [1.29, 1.82) is 0 Å².